The molecule has 5 heteroatoms. The minimum absolute atomic E-state index is 0.0287. The molecule has 0 heterocycles. The minimum Gasteiger partial charge on any atom is -0.496 e. The largest absolute Gasteiger partial charge is 0.496 e. The van der Waals surface area contributed by atoms with Gasteiger partial charge in [-0.1, -0.05) is 11.6 Å². The maximum atomic E-state index is 13.5. The first-order chi connectivity index (χ1) is 7.01. The molecule has 0 radical (unpaired) electrons. The van der Waals surface area contributed by atoms with Gasteiger partial charge in [-0.25, -0.2) is 8.78 Å². The Morgan fingerprint density at radius 2 is 2.13 bits per heavy atom. The van der Waals surface area contributed by atoms with Crippen molar-refractivity contribution in [2.75, 3.05) is 13.7 Å². The lowest BCUT2D eigenvalue weighted by atomic mass is 10.0. The smallest absolute Gasteiger partial charge is 0.279 e. The summed E-state index contributed by atoms with van der Waals surface area (Å²) in [6.07, 6.45) is -0.634. The summed E-state index contributed by atoms with van der Waals surface area (Å²) in [4.78, 5) is 0. The predicted molar refractivity (Wildman–Crippen MR) is 53.6 cm³/mol. The molecule has 0 spiro atoms. The monoisotopic (exact) mass is 236 g/mol. The average molecular weight is 237 g/mol. The number of halogens is 3. The van der Waals surface area contributed by atoms with Crippen LogP contribution in [0, 0.1) is 0 Å². The van der Waals surface area contributed by atoms with Crippen molar-refractivity contribution in [2.24, 2.45) is 0 Å². The summed E-state index contributed by atoms with van der Waals surface area (Å²) in [6.45, 7) is -0.585. The highest BCUT2D eigenvalue weighted by molar-refractivity contribution is 6.30. The van der Waals surface area contributed by atoms with Gasteiger partial charge in [-0.3, -0.25) is 0 Å². The van der Waals surface area contributed by atoms with Crippen LogP contribution in [0.1, 0.15) is 12.0 Å². The molecule has 0 atom stereocenters. The minimum atomic E-state index is -3.11. The second-order valence-electron chi connectivity index (χ2n) is 3.02. The van der Waals surface area contributed by atoms with Gasteiger partial charge < -0.3 is 9.84 Å². The van der Waals surface area contributed by atoms with E-state index in [4.69, 9.17) is 21.4 Å². The van der Waals surface area contributed by atoms with E-state index >= 15 is 0 Å². The molecule has 0 unspecified atom stereocenters. The highest BCUT2D eigenvalue weighted by Gasteiger charge is 2.33. The number of aliphatic hydroxyl groups is 1. The van der Waals surface area contributed by atoms with E-state index in [0.29, 0.717) is 5.02 Å². The second-order valence-corrected chi connectivity index (χ2v) is 3.46. The van der Waals surface area contributed by atoms with Crippen LogP contribution in [-0.4, -0.2) is 18.8 Å². The fourth-order valence-corrected chi connectivity index (χ4v) is 1.40. The Morgan fingerprint density at radius 3 is 2.67 bits per heavy atom. The molecule has 0 bridgehead atoms. The molecule has 1 N–H and O–H groups in total. The second kappa shape index (κ2) is 4.77. The summed E-state index contributed by atoms with van der Waals surface area (Å²) in [5, 5.41) is 8.86. The van der Waals surface area contributed by atoms with Gasteiger partial charge in [0.15, 0.2) is 0 Å². The molecular weight excluding hydrogens is 226 g/mol. The van der Waals surface area contributed by atoms with Gasteiger partial charge >= 0.3 is 0 Å². The molecule has 0 aliphatic rings. The number of ether oxygens (including phenoxy) is 1. The first-order valence-electron chi connectivity index (χ1n) is 4.34. The van der Waals surface area contributed by atoms with Crippen LogP contribution in [0.5, 0.6) is 5.75 Å². The lowest BCUT2D eigenvalue weighted by Gasteiger charge is -2.18. The van der Waals surface area contributed by atoms with Gasteiger partial charge in [0.05, 0.1) is 12.7 Å². The van der Waals surface area contributed by atoms with Crippen LogP contribution >= 0.6 is 11.6 Å². The highest BCUT2D eigenvalue weighted by atomic mass is 35.5. The van der Waals surface area contributed by atoms with Gasteiger partial charge in [0, 0.05) is 18.1 Å². The summed E-state index contributed by atoms with van der Waals surface area (Å²) >= 11 is 5.65. The number of benzene rings is 1. The lowest BCUT2D eigenvalue weighted by Crippen LogP contribution is -2.16. The van der Waals surface area contributed by atoms with Crippen LogP contribution in [0.4, 0.5) is 8.78 Å². The van der Waals surface area contributed by atoms with E-state index in [9.17, 15) is 8.78 Å². The topological polar surface area (TPSA) is 29.5 Å². The molecule has 0 saturated heterocycles. The highest BCUT2D eigenvalue weighted by Crippen LogP contribution is 2.38. The van der Waals surface area contributed by atoms with Crippen LogP contribution < -0.4 is 4.74 Å². The maximum absolute atomic E-state index is 13.5. The zero-order valence-corrected chi connectivity index (χ0v) is 8.89. The Balaban J connectivity index is 3.12. The van der Waals surface area contributed by atoms with Crippen LogP contribution in [0.15, 0.2) is 18.2 Å². The van der Waals surface area contributed by atoms with E-state index in [1.54, 1.807) is 0 Å². The Kier molecular flexibility index (Phi) is 3.88. The van der Waals surface area contributed by atoms with Crippen LogP contribution in [0.3, 0.4) is 0 Å². The quantitative estimate of drug-likeness (QED) is 0.871. The molecule has 0 amide bonds. The van der Waals surface area contributed by atoms with E-state index in [0.717, 1.165) is 0 Å². The zero-order valence-electron chi connectivity index (χ0n) is 8.14. The standard InChI is InChI=1S/C10H11ClF2O2/c1-15-9-6-7(11)2-3-8(9)10(12,13)4-5-14/h2-3,6,14H,4-5H2,1H3. The van der Waals surface area contributed by atoms with Gasteiger partial charge in [-0.2, -0.15) is 0 Å². The van der Waals surface area contributed by atoms with Crippen molar-refractivity contribution >= 4 is 11.6 Å². The third-order valence-electron chi connectivity index (χ3n) is 1.98. The predicted octanol–water partition coefficient (Wildman–Crippen LogP) is 2.82. The first-order valence-corrected chi connectivity index (χ1v) is 4.72. The van der Waals surface area contributed by atoms with Crippen molar-refractivity contribution in [3.63, 3.8) is 0 Å². The Labute approximate surface area is 91.4 Å². The van der Waals surface area contributed by atoms with Gasteiger partial charge in [-0.05, 0) is 18.2 Å². The molecule has 0 fully saturated rings. The van der Waals surface area contributed by atoms with E-state index < -0.39 is 19.0 Å². The fourth-order valence-electron chi connectivity index (χ4n) is 1.24. The van der Waals surface area contributed by atoms with Crippen molar-refractivity contribution in [1.29, 1.82) is 0 Å². The lowest BCUT2D eigenvalue weighted by molar-refractivity contribution is -0.0287. The number of hydrogen-bond acceptors (Lipinski definition) is 2. The third kappa shape index (κ3) is 2.79. The summed E-state index contributed by atoms with van der Waals surface area (Å²) in [5.74, 6) is -3.08. The van der Waals surface area contributed by atoms with Crippen molar-refractivity contribution in [3.05, 3.63) is 28.8 Å². The van der Waals surface area contributed by atoms with Gasteiger partial charge in [0.25, 0.3) is 5.92 Å². The molecule has 0 aromatic heterocycles. The van der Waals surface area contributed by atoms with E-state index in [1.165, 1.54) is 25.3 Å². The summed E-state index contributed by atoms with van der Waals surface area (Å²) in [6, 6.07) is 3.89. The Hall–Kier alpha value is -0.870. The molecule has 15 heavy (non-hydrogen) atoms. The van der Waals surface area contributed by atoms with Gasteiger partial charge in [0.2, 0.25) is 0 Å². The molecule has 1 rings (SSSR count). The van der Waals surface area contributed by atoms with Crippen molar-refractivity contribution in [2.45, 2.75) is 12.3 Å². The Morgan fingerprint density at radius 1 is 1.47 bits per heavy atom. The normalized spacial score (nSPS) is 11.5. The molecular formula is C10H11ClF2O2. The summed E-state index contributed by atoms with van der Waals surface area (Å²) in [7, 11) is 1.30. The van der Waals surface area contributed by atoms with Crippen LogP contribution in [0.2, 0.25) is 5.02 Å². The zero-order chi connectivity index (χ0) is 11.5. The third-order valence-corrected chi connectivity index (χ3v) is 2.22. The summed E-state index contributed by atoms with van der Waals surface area (Å²) in [5.41, 5.74) is -0.261. The SMILES string of the molecule is COc1cc(Cl)ccc1C(F)(F)CCO. The van der Waals surface area contributed by atoms with E-state index in [2.05, 4.69) is 0 Å². The van der Waals surface area contributed by atoms with Crippen molar-refractivity contribution in [1.82, 2.24) is 0 Å². The Bertz CT molecular complexity index is 342. The fraction of sp³-hybridized carbons (Fsp3) is 0.400. The van der Waals surface area contributed by atoms with Crippen molar-refractivity contribution < 1.29 is 18.6 Å². The first kappa shape index (κ1) is 12.2. The molecule has 0 aliphatic carbocycles. The van der Waals surface area contributed by atoms with E-state index in [1.807, 2.05) is 0 Å². The molecule has 2 nitrogen and oxygen atoms in total. The maximum Gasteiger partial charge on any atom is 0.279 e. The molecule has 1 aromatic carbocycles. The van der Waals surface area contributed by atoms with Crippen LogP contribution in [0.25, 0.3) is 0 Å². The van der Waals surface area contributed by atoms with Gasteiger partial charge in [-0.15, -0.1) is 0 Å². The van der Waals surface area contributed by atoms with Crippen LogP contribution in [-0.2, 0) is 5.92 Å². The number of rotatable bonds is 4. The molecule has 84 valence electrons. The number of hydrogen-bond donors (Lipinski definition) is 1. The van der Waals surface area contributed by atoms with Gasteiger partial charge in [0.1, 0.15) is 5.75 Å². The summed E-state index contributed by atoms with van der Waals surface area (Å²) < 4.78 is 31.7. The molecule has 0 aliphatic heterocycles. The molecule has 1 aromatic rings. The van der Waals surface area contributed by atoms with Crippen molar-refractivity contribution in [3.8, 4) is 5.75 Å². The number of alkyl halides is 2. The number of methoxy groups -OCH3 is 1. The molecule has 0 saturated carbocycles. The average Bonchev–Trinajstić information content (AvgIpc) is 2.17. The van der Waals surface area contributed by atoms with E-state index in [-0.39, 0.29) is 11.3 Å². The number of aliphatic hydroxyl groups excluding tert-OH is 1.